The molecule has 1 aromatic carbocycles. The third-order valence-electron chi connectivity index (χ3n) is 4.00. The van der Waals surface area contributed by atoms with Gasteiger partial charge in [0.15, 0.2) is 0 Å². The lowest BCUT2D eigenvalue weighted by atomic mass is 10.1. The summed E-state index contributed by atoms with van der Waals surface area (Å²) in [6.45, 7) is 2.64. The van der Waals surface area contributed by atoms with Crippen LogP contribution in [0.4, 0.5) is 5.69 Å². The molecule has 3 rings (SSSR count). The number of piperidine rings is 1. The monoisotopic (exact) mass is 295 g/mol. The zero-order valence-corrected chi connectivity index (χ0v) is 12.7. The Morgan fingerprint density at radius 3 is 2.64 bits per heavy atom. The Balaban J connectivity index is 1.64. The van der Waals surface area contributed by atoms with E-state index in [4.69, 9.17) is 0 Å². The van der Waals surface area contributed by atoms with Gasteiger partial charge in [-0.25, -0.2) is 0 Å². The minimum absolute atomic E-state index is 0.0739. The topological polar surface area (TPSA) is 45.2 Å². The first-order valence-electron chi connectivity index (χ1n) is 7.85. The van der Waals surface area contributed by atoms with Crippen molar-refractivity contribution in [2.45, 2.75) is 25.8 Å². The van der Waals surface area contributed by atoms with Crippen molar-refractivity contribution in [2.75, 3.05) is 18.0 Å². The van der Waals surface area contributed by atoms with Gasteiger partial charge >= 0.3 is 0 Å². The number of pyridine rings is 1. The van der Waals surface area contributed by atoms with Gasteiger partial charge in [-0.05, 0) is 30.9 Å². The SMILES string of the molecule is O=C(NCc1ccccc1)c1cncc(N2CCCCC2)c1. The average molecular weight is 295 g/mol. The van der Waals surface area contributed by atoms with Crippen molar-refractivity contribution in [2.24, 2.45) is 0 Å². The predicted octanol–water partition coefficient (Wildman–Crippen LogP) is 3.00. The van der Waals surface area contributed by atoms with Gasteiger partial charge in [-0.3, -0.25) is 9.78 Å². The van der Waals surface area contributed by atoms with Crippen LogP contribution in [0.25, 0.3) is 0 Å². The molecule has 1 aromatic heterocycles. The standard InChI is InChI=1S/C18H21N3O/c22-18(20-12-15-7-3-1-4-8-15)16-11-17(14-19-13-16)21-9-5-2-6-10-21/h1,3-4,7-8,11,13-14H,2,5-6,9-10,12H2,(H,20,22). The number of carbonyl (C=O) groups excluding carboxylic acids is 1. The van der Waals surface area contributed by atoms with Crippen molar-refractivity contribution in [3.63, 3.8) is 0 Å². The molecule has 0 saturated carbocycles. The van der Waals surface area contributed by atoms with E-state index in [2.05, 4.69) is 15.2 Å². The summed E-state index contributed by atoms with van der Waals surface area (Å²) in [5.41, 5.74) is 2.77. The molecule has 22 heavy (non-hydrogen) atoms. The summed E-state index contributed by atoms with van der Waals surface area (Å²) in [5, 5.41) is 2.95. The van der Waals surface area contributed by atoms with E-state index in [-0.39, 0.29) is 5.91 Å². The number of benzene rings is 1. The van der Waals surface area contributed by atoms with Crippen molar-refractivity contribution in [3.8, 4) is 0 Å². The summed E-state index contributed by atoms with van der Waals surface area (Å²) < 4.78 is 0. The van der Waals surface area contributed by atoms with Gasteiger partial charge in [0.1, 0.15) is 0 Å². The molecule has 4 nitrogen and oxygen atoms in total. The molecule has 0 radical (unpaired) electrons. The van der Waals surface area contributed by atoms with Gasteiger partial charge in [0.25, 0.3) is 5.91 Å². The lowest BCUT2D eigenvalue weighted by molar-refractivity contribution is 0.0950. The van der Waals surface area contributed by atoms with Crippen LogP contribution in [0.1, 0.15) is 35.2 Å². The van der Waals surface area contributed by atoms with Gasteiger partial charge in [0, 0.05) is 25.8 Å². The van der Waals surface area contributed by atoms with E-state index < -0.39 is 0 Å². The number of rotatable bonds is 4. The van der Waals surface area contributed by atoms with E-state index in [1.807, 2.05) is 42.6 Å². The smallest absolute Gasteiger partial charge is 0.253 e. The minimum atomic E-state index is -0.0739. The number of aromatic nitrogens is 1. The number of nitrogens with one attached hydrogen (secondary N) is 1. The number of amides is 1. The Kier molecular flexibility index (Phi) is 4.68. The highest BCUT2D eigenvalue weighted by Crippen LogP contribution is 2.19. The van der Waals surface area contributed by atoms with Gasteiger partial charge in [0.2, 0.25) is 0 Å². The van der Waals surface area contributed by atoms with Gasteiger partial charge in [-0.1, -0.05) is 30.3 Å². The quantitative estimate of drug-likeness (QED) is 0.943. The molecular weight excluding hydrogens is 274 g/mol. The molecule has 0 unspecified atom stereocenters. The molecule has 0 aliphatic carbocycles. The first kappa shape index (κ1) is 14.6. The van der Waals surface area contributed by atoms with Crippen LogP contribution in [-0.2, 0) is 6.54 Å². The second-order valence-corrected chi connectivity index (χ2v) is 5.65. The molecule has 114 valence electrons. The number of carbonyl (C=O) groups is 1. The fourth-order valence-corrected chi connectivity index (χ4v) is 2.76. The maximum atomic E-state index is 12.3. The Morgan fingerprint density at radius 2 is 1.86 bits per heavy atom. The highest BCUT2D eigenvalue weighted by molar-refractivity contribution is 5.94. The fourth-order valence-electron chi connectivity index (χ4n) is 2.76. The summed E-state index contributed by atoms with van der Waals surface area (Å²) in [5.74, 6) is -0.0739. The van der Waals surface area contributed by atoms with Crippen LogP contribution in [0.5, 0.6) is 0 Å². The molecule has 1 aliphatic rings. The summed E-state index contributed by atoms with van der Waals surface area (Å²) in [6.07, 6.45) is 7.20. The number of hydrogen-bond donors (Lipinski definition) is 1. The summed E-state index contributed by atoms with van der Waals surface area (Å²) in [6, 6.07) is 11.9. The Labute approximate surface area is 131 Å². The van der Waals surface area contributed by atoms with Gasteiger partial charge in [-0.15, -0.1) is 0 Å². The van der Waals surface area contributed by atoms with Gasteiger partial charge < -0.3 is 10.2 Å². The molecule has 0 atom stereocenters. The first-order valence-corrected chi connectivity index (χ1v) is 7.85. The second-order valence-electron chi connectivity index (χ2n) is 5.65. The normalized spacial score (nSPS) is 14.6. The first-order chi connectivity index (χ1) is 10.8. The number of hydrogen-bond acceptors (Lipinski definition) is 3. The molecule has 2 heterocycles. The van der Waals surface area contributed by atoms with E-state index in [0.29, 0.717) is 12.1 Å². The minimum Gasteiger partial charge on any atom is -0.370 e. The molecule has 1 fully saturated rings. The van der Waals surface area contributed by atoms with E-state index in [9.17, 15) is 4.79 Å². The van der Waals surface area contributed by atoms with Crippen molar-refractivity contribution < 1.29 is 4.79 Å². The fraction of sp³-hybridized carbons (Fsp3) is 0.333. The van der Waals surface area contributed by atoms with Crippen molar-refractivity contribution in [1.82, 2.24) is 10.3 Å². The zero-order valence-electron chi connectivity index (χ0n) is 12.7. The predicted molar refractivity (Wildman–Crippen MR) is 87.9 cm³/mol. The average Bonchev–Trinajstić information content (AvgIpc) is 2.61. The Morgan fingerprint density at radius 1 is 1.09 bits per heavy atom. The zero-order chi connectivity index (χ0) is 15.2. The van der Waals surface area contributed by atoms with Crippen molar-refractivity contribution in [1.29, 1.82) is 0 Å². The lowest BCUT2D eigenvalue weighted by Crippen LogP contribution is -2.30. The highest BCUT2D eigenvalue weighted by atomic mass is 16.1. The number of nitrogens with zero attached hydrogens (tertiary/aromatic N) is 2. The van der Waals surface area contributed by atoms with Crippen LogP contribution in [0, 0.1) is 0 Å². The maximum Gasteiger partial charge on any atom is 0.253 e. The van der Waals surface area contributed by atoms with Crippen LogP contribution in [-0.4, -0.2) is 24.0 Å². The van der Waals surface area contributed by atoms with E-state index >= 15 is 0 Å². The second kappa shape index (κ2) is 7.07. The molecule has 1 saturated heterocycles. The molecule has 2 aromatic rings. The van der Waals surface area contributed by atoms with Crippen LogP contribution in [0.2, 0.25) is 0 Å². The van der Waals surface area contributed by atoms with Gasteiger partial charge in [-0.2, -0.15) is 0 Å². The molecule has 4 heteroatoms. The third-order valence-corrected chi connectivity index (χ3v) is 4.00. The largest absolute Gasteiger partial charge is 0.370 e. The molecular formula is C18H21N3O. The van der Waals surface area contributed by atoms with E-state index in [1.165, 1.54) is 19.3 Å². The summed E-state index contributed by atoms with van der Waals surface area (Å²) in [4.78, 5) is 18.8. The third kappa shape index (κ3) is 3.64. The number of anilines is 1. The van der Waals surface area contributed by atoms with Crippen molar-refractivity contribution >= 4 is 11.6 Å². The van der Waals surface area contributed by atoms with Crippen molar-refractivity contribution in [3.05, 3.63) is 59.9 Å². The van der Waals surface area contributed by atoms with E-state index in [0.717, 1.165) is 24.3 Å². The van der Waals surface area contributed by atoms with Gasteiger partial charge in [0.05, 0.1) is 17.4 Å². The molecule has 1 aliphatic heterocycles. The van der Waals surface area contributed by atoms with Crippen LogP contribution in [0.15, 0.2) is 48.8 Å². The Bertz CT molecular complexity index is 621. The molecule has 0 bridgehead atoms. The van der Waals surface area contributed by atoms with Crippen LogP contribution < -0.4 is 10.2 Å². The molecule has 1 amide bonds. The lowest BCUT2D eigenvalue weighted by Gasteiger charge is -2.28. The molecule has 1 N–H and O–H groups in total. The van der Waals surface area contributed by atoms with Crippen LogP contribution in [0.3, 0.4) is 0 Å². The van der Waals surface area contributed by atoms with E-state index in [1.54, 1.807) is 6.20 Å². The summed E-state index contributed by atoms with van der Waals surface area (Å²) >= 11 is 0. The Hall–Kier alpha value is -2.36. The maximum absolute atomic E-state index is 12.3. The van der Waals surface area contributed by atoms with Crippen LogP contribution >= 0.6 is 0 Å². The summed E-state index contributed by atoms with van der Waals surface area (Å²) in [7, 11) is 0. The highest BCUT2D eigenvalue weighted by Gasteiger charge is 2.13. The molecule has 0 spiro atoms.